The highest BCUT2D eigenvalue weighted by molar-refractivity contribution is 6.33. The fourth-order valence-corrected chi connectivity index (χ4v) is 3.46. The van der Waals surface area contributed by atoms with Crippen LogP contribution in [-0.4, -0.2) is 31.4 Å². The van der Waals surface area contributed by atoms with Crippen LogP contribution < -0.4 is 15.1 Å². The smallest absolute Gasteiger partial charge is 0.226 e. The van der Waals surface area contributed by atoms with Gasteiger partial charge in [-0.15, -0.1) is 0 Å². The number of benzene rings is 2. The van der Waals surface area contributed by atoms with E-state index in [0.29, 0.717) is 17.3 Å². The lowest BCUT2D eigenvalue weighted by Gasteiger charge is -2.23. The van der Waals surface area contributed by atoms with Crippen molar-refractivity contribution in [3.05, 3.63) is 53.6 Å². The van der Waals surface area contributed by atoms with Gasteiger partial charge in [0.2, 0.25) is 11.8 Å². The van der Waals surface area contributed by atoms with Gasteiger partial charge in [-0.05, 0) is 49.2 Å². The Labute approximate surface area is 164 Å². The summed E-state index contributed by atoms with van der Waals surface area (Å²) in [6.07, 6.45) is 2.64. The largest absolute Gasteiger partial charge is 0.372 e. The van der Waals surface area contributed by atoms with Gasteiger partial charge in [0.25, 0.3) is 0 Å². The topological polar surface area (TPSA) is 52.7 Å². The zero-order chi connectivity index (χ0) is 19.2. The van der Waals surface area contributed by atoms with Gasteiger partial charge in [-0.25, -0.2) is 0 Å². The van der Waals surface area contributed by atoms with Gasteiger partial charge in [-0.2, -0.15) is 0 Å². The molecule has 6 heteroatoms. The normalized spacial score (nSPS) is 13.5. The molecule has 0 radical (unpaired) electrons. The van der Waals surface area contributed by atoms with Crippen molar-refractivity contribution >= 4 is 40.5 Å². The summed E-state index contributed by atoms with van der Waals surface area (Å²) in [7, 11) is 0. The Balaban J connectivity index is 1.61. The second-order valence-corrected chi connectivity index (χ2v) is 7.07. The molecule has 1 saturated heterocycles. The van der Waals surface area contributed by atoms with Gasteiger partial charge in [-0.1, -0.05) is 23.7 Å². The number of rotatable bonds is 6. The van der Waals surface area contributed by atoms with Crippen molar-refractivity contribution in [3.63, 3.8) is 0 Å². The van der Waals surface area contributed by atoms with Gasteiger partial charge >= 0.3 is 0 Å². The predicted octanol–water partition coefficient (Wildman–Crippen LogP) is 4.32. The van der Waals surface area contributed by atoms with Crippen molar-refractivity contribution in [3.8, 4) is 0 Å². The van der Waals surface area contributed by atoms with Crippen LogP contribution in [-0.2, 0) is 9.59 Å². The Morgan fingerprint density at radius 2 is 1.74 bits per heavy atom. The first kappa shape index (κ1) is 19.2. The molecule has 27 heavy (non-hydrogen) atoms. The molecule has 0 saturated carbocycles. The van der Waals surface area contributed by atoms with Crippen molar-refractivity contribution < 1.29 is 9.59 Å². The van der Waals surface area contributed by atoms with Crippen LogP contribution in [0.1, 0.15) is 26.2 Å². The molecule has 1 N–H and O–H groups in total. The number of nitrogens with zero attached hydrogens (tertiary/aromatic N) is 2. The highest BCUT2D eigenvalue weighted by Crippen LogP contribution is 2.24. The third-order valence-electron chi connectivity index (χ3n) is 4.72. The predicted molar refractivity (Wildman–Crippen MR) is 111 cm³/mol. The van der Waals surface area contributed by atoms with Crippen LogP contribution >= 0.6 is 11.6 Å². The molecule has 1 aliphatic rings. The fraction of sp³-hybridized carbons (Fsp3) is 0.333. The monoisotopic (exact) mass is 385 g/mol. The number of para-hydroxylation sites is 1. The minimum Gasteiger partial charge on any atom is -0.372 e. The quantitative estimate of drug-likeness (QED) is 0.805. The second kappa shape index (κ2) is 8.91. The number of hydrogen-bond donors (Lipinski definition) is 1. The molecular formula is C21H24ClN3O2. The molecule has 0 unspecified atom stereocenters. The average Bonchev–Trinajstić information content (AvgIpc) is 3.19. The Bertz CT molecular complexity index is 801. The molecule has 3 rings (SSSR count). The summed E-state index contributed by atoms with van der Waals surface area (Å²) in [5.74, 6) is -0.266. The highest BCUT2D eigenvalue weighted by atomic mass is 35.5. The lowest BCUT2D eigenvalue weighted by Crippen LogP contribution is -2.32. The Hall–Kier alpha value is -2.53. The number of nitrogens with one attached hydrogen (secondary N) is 1. The van der Waals surface area contributed by atoms with Crippen molar-refractivity contribution in [1.82, 2.24) is 0 Å². The second-order valence-electron chi connectivity index (χ2n) is 6.66. The van der Waals surface area contributed by atoms with Crippen molar-refractivity contribution in [2.45, 2.75) is 26.2 Å². The summed E-state index contributed by atoms with van der Waals surface area (Å²) >= 11 is 6.06. The highest BCUT2D eigenvalue weighted by Gasteiger charge is 2.16. The van der Waals surface area contributed by atoms with E-state index in [9.17, 15) is 9.59 Å². The third kappa shape index (κ3) is 5.01. The summed E-state index contributed by atoms with van der Waals surface area (Å²) in [5, 5.41) is 3.28. The SMILES string of the molecule is CC(=O)N(CCC(=O)Nc1ccccc1Cl)c1ccc(N2CCCC2)cc1. The molecular weight excluding hydrogens is 362 g/mol. The van der Waals surface area contributed by atoms with E-state index in [4.69, 9.17) is 11.6 Å². The maximum Gasteiger partial charge on any atom is 0.226 e. The van der Waals surface area contributed by atoms with Crippen LogP contribution in [0, 0.1) is 0 Å². The van der Waals surface area contributed by atoms with E-state index in [2.05, 4.69) is 10.2 Å². The van der Waals surface area contributed by atoms with Crippen LogP contribution in [0.5, 0.6) is 0 Å². The summed E-state index contributed by atoms with van der Waals surface area (Å²) in [6.45, 7) is 3.99. The van der Waals surface area contributed by atoms with Crippen molar-refractivity contribution in [1.29, 1.82) is 0 Å². The first-order valence-electron chi connectivity index (χ1n) is 9.22. The van der Waals surface area contributed by atoms with Gasteiger partial charge in [0.1, 0.15) is 0 Å². The minimum atomic E-state index is -0.178. The van der Waals surface area contributed by atoms with Gasteiger partial charge < -0.3 is 15.1 Å². The molecule has 2 amide bonds. The van der Waals surface area contributed by atoms with Crippen LogP contribution in [0.2, 0.25) is 5.02 Å². The lowest BCUT2D eigenvalue weighted by atomic mass is 10.2. The van der Waals surface area contributed by atoms with E-state index < -0.39 is 0 Å². The van der Waals surface area contributed by atoms with Gasteiger partial charge in [-0.3, -0.25) is 9.59 Å². The first-order valence-corrected chi connectivity index (χ1v) is 9.60. The van der Waals surface area contributed by atoms with E-state index in [1.54, 1.807) is 23.1 Å². The molecule has 0 aromatic heterocycles. The molecule has 2 aromatic rings. The fourth-order valence-electron chi connectivity index (χ4n) is 3.28. The van der Waals surface area contributed by atoms with Crippen LogP contribution in [0.15, 0.2) is 48.5 Å². The molecule has 142 valence electrons. The molecule has 0 aliphatic carbocycles. The number of carbonyl (C=O) groups excluding carboxylic acids is 2. The number of halogens is 1. The van der Waals surface area contributed by atoms with Crippen molar-refractivity contribution in [2.24, 2.45) is 0 Å². The molecule has 1 heterocycles. The number of carbonyl (C=O) groups is 2. The summed E-state index contributed by atoms with van der Waals surface area (Å²) in [6, 6.07) is 15.1. The van der Waals surface area contributed by atoms with E-state index in [1.807, 2.05) is 30.3 Å². The summed E-state index contributed by atoms with van der Waals surface area (Å²) in [4.78, 5) is 28.3. The third-order valence-corrected chi connectivity index (χ3v) is 5.05. The van der Waals surface area contributed by atoms with Gasteiger partial charge in [0.05, 0.1) is 10.7 Å². The Morgan fingerprint density at radius 3 is 2.37 bits per heavy atom. The minimum absolute atomic E-state index is 0.0885. The first-order chi connectivity index (χ1) is 13.0. The molecule has 1 aliphatic heterocycles. The molecule has 1 fully saturated rings. The maximum atomic E-state index is 12.2. The zero-order valence-corrected chi connectivity index (χ0v) is 16.2. The molecule has 5 nitrogen and oxygen atoms in total. The zero-order valence-electron chi connectivity index (χ0n) is 15.5. The van der Waals surface area contributed by atoms with Crippen LogP contribution in [0.3, 0.4) is 0 Å². The molecule has 2 aromatic carbocycles. The summed E-state index contributed by atoms with van der Waals surface area (Å²) in [5.41, 5.74) is 2.56. The lowest BCUT2D eigenvalue weighted by molar-refractivity contribution is -0.117. The maximum absolute atomic E-state index is 12.2. The number of hydrogen-bond acceptors (Lipinski definition) is 3. The number of amides is 2. The molecule has 0 spiro atoms. The standard InChI is InChI=1S/C21H24ClN3O2/c1-16(26)25(15-12-21(27)23-20-7-3-2-6-19(20)22)18-10-8-17(9-11-18)24-13-4-5-14-24/h2-3,6-11H,4-5,12-15H2,1H3,(H,23,27). The average molecular weight is 386 g/mol. The van der Waals surface area contributed by atoms with E-state index in [0.717, 1.165) is 18.8 Å². The van der Waals surface area contributed by atoms with E-state index in [-0.39, 0.29) is 18.2 Å². The molecule has 0 atom stereocenters. The molecule has 0 bridgehead atoms. The van der Waals surface area contributed by atoms with Crippen molar-refractivity contribution in [2.75, 3.05) is 34.8 Å². The Morgan fingerprint density at radius 1 is 1.07 bits per heavy atom. The Kier molecular flexibility index (Phi) is 6.35. The van der Waals surface area contributed by atoms with Gasteiger partial charge in [0, 0.05) is 44.4 Å². The van der Waals surface area contributed by atoms with E-state index in [1.165, 1.54) is 25.5 Å². The van der Waals surface area contributed by atoms with Crippen LogP contribution in [0.25, 0.3) is 0 Å². The summed E-state index contributed by atoms with van der Waals surface area (Å²) < 4.78 is 0. The number of anilines is 3. The van der Waals surface area contributed by atoms with Crippen LogP contribution in [0.4, 0.5) is 17.1 Å². The van der Waals surface area contributed by atoms with E-state index >= 15 is 0 Å². The van der Waals surface area contributed by atoms with Gasteiger partial charge in [0.15, 0.2) is 0 Å².